The second kappa shape index (κ2) is 12.8. The summed E-state index contributed by atoms with van der Waals surface area (Å²) >= 11 is 9.23. The molecule has 0 aliphatic heterocycles. The van der Waals surface area contributed by atoms with Crippen LogP contribution in [0.4, 0.5) is 0 Å². The molecule has 1 aliphatic carbocycles. The van der Waals surface area contributed by atoms with E-state index in [4.69, 9.17) is 20.6 Å². The number of carbonyl (C=O) groups is 1. The fourth-order valence-corrected chi connectivity index (χ4v) is 10.3. The average Bonchev–Trinajstić information content (AvgIpc) is 2.96. The summed E-state index contributed by atoms with van der Waals surface area (Å²) in [4.78, 5) is 12.5. The minimum atomic E-state index is -4.66. The molecule has 0 spiro atoms. The Labute approximate surface area is 258 Å². The van der Waals surface area contributed by atoms with Gasteiger partial charge in [-0.1, -0.05) is 65.6 Å². The number of hydrogen-bond donors (Lipinski definition) is 1. The fraction of sp³-hybridized carbons (Fsp3) is 0.250. The Morgan fingerprint density at radius 3 is 1.98 bits per heavy atom. The van der Waals surface area contributed by atoms with Crippen molar-refractivity contribution in [1.82, 2.24) is 4.72 Å². The molecular weight excluding hydrogens is 689 g/mol. The molecule has 1 unspecified atom stereocenters. The number of halogens is 2. The highest BCUT2D eigenvalue weighted by Crippen LogP contribution is 2.67. The molecule has 42 heavy (non-hydrogen) atoms. The number of sulfone groups is 1. The van der Waals surface area contributed by atoms with Gasteiger partial charge >= 0.3 is 7.60 Å². The van der Waals surface area contributed by atoms with E-state index in [0.29, 0.717) is 17.3 Å². The van der Waals surface area contributed by atoms with Crippen LogP contribution in [0.2, 0.25) is 5.02 Å². The van der Waals surface area contributed by atoms with Crippen molar-refractivity contribution in [3.63, 3.8) is 0 Å². The Morgan fingerprint density at radius 1 is 0.857 bits per heavy atom. The smallest absolute Gasteiger partial charge is 0.307 e. The summed E-state index contributed by atoms with van der Waals surface area (Å²) in [5.41, 5.74) is -0.243. The van der Waals surface area contributed by atoms with Crippen molar-refractivity contribution < 1.29 is 35.2 Å². The lowest BCUT2D eigenvalue weighted by atomic mass is 9.92. The van der Waals surface area contributed by atoms with Gasteiger partial charge in [0.05, 0.1) is 23.0 Å². The number of rotatable bonds is 12. The second-order valence-corrected chi connectivity index (χ2v) is 16.5. The lowest BCUT2D eigenvalue weighted by Gasteiger charge is -2.40. The third-order valence-electron chi connectivity index (χ3n) is 6.34. The van der Waals surface area contributed by atoms with E-state index in [2.05, 4.69) is 20.7 Å². The molecule has 1 N–H and O–H groups in total. The van der Waals surface area contributed by atoms with Crippen LogP contribution in [0.5, 0.6) is 0 Å². The molecule has 0 saturated carbocycles. The van der Waals surface area contributed by atoms with Crippen molar-refractivity contribution in [2.45, 2.75) is 41.8 Å². The third kappa shape index (κ3) is 6.23. The number of fused-ring (bicyclic) bond motifs is 1. The van der Waals surface area contributed by atoms with E-state index in [9.17, 15) is 26.2 Å². The maximum absolute atomic E-state index is 14.9. The standard InChI is InChI=1S/C28H28BrClNO8PS2/c1-3-17-38-40(33,39-18-4-2)28(31-42(36,37)23-13-9-20(29)10-14-23)19-26(27(32)24-7-5-6-8-25(24)28)41(34,35)22-15-11-21(30)12-16-22/h5-16,19,31H,3-4,17-18H2,1-2H3. The van der Waals surface area contributed by atoms with Crippen LogP contribution < -0.4 is 4.72 Å². The lowest BCUT2D eigenvalue weighted by Crippen LogP contribution is -2.48. The number of benzene rings is 3. The molecular formula is C28H28BrClNO8PS2. The maximum atomic E-state index is 14.9. The minimum absolute atomic E-state index is 0.0683. The summed E-state index contributed by atoms with van der Waals surface area (Å²) in [6.07, 6.45) is 1.63. The predicted molar refractivity (Wildman–Crippen MR) is 164 cm³/mol. The van der Waals surface area contributed by atoms with E-state index < -0.39 is 43.4 Å². The number of carbonyl (C=O) groups excluding carboxylic acids is 1. The molecule has 3 aromatic carbocycles. The van der Waals surface area contributed by atoms with Crippen molar-refractivity contribution >= 4 is 60.8 Å². The SMILES string of the molecule is CCCOP(=O)(OCCC)C1(NS(=O)(=O)c2ccc(Br)cc2)C=C(S(=O)(=O)c2ccc(Cl)cc2)C(=O)c2ccccc21. The predicted octanol–water partition coefficient (Wildman–Crippen LogP) is 6.83. The van der Waals surface area contributed by atoms with E-state index in [1.54, 1.807) is 13.8 Å². The first-order chi connectivity index (χ1) is 19.8. The van der Waals surface area contributed by atoms with Crippen molar-refractivity contribution in [3.8, 4) is 0 Å². The molecule has 1 aliphatic rings. The molecule has 4 rings (SSSR count). The maximum Gasteiger partial charge on any atom is 0.360 e. The molecule has 9 nitrogen and oxygen atoms in total. The number of sulfonamides is 1. The van der Waals surface area contributed by atoms with Crippen molar-refractivity contribution in [1.29, 1.82) is 0 Å². The zero-order valence-corrected chi connectivity index (χ0v) is 27.5. The first kappa shape index (κ1) is 32.8. The Balaban J connectivity index is 2.10. The van der Waals surface area contributed by atoms with E-state index in [1.807, 2.05) is 0 Å². The number of nitrogens with one attached hydrogen (secondary N) is 1. The van der Waals surface area contributed by atoms with Gasteiger partial charge in [-0.05, 0) is 67.4 Å². The summed E-state index contributed by atoms with van der Waals surface area (Å²) in [5.74, 6) is -0.906. The van der Waals surface area contributed by atoms with Gasteiger partial charge in [0.2, 0.25) is 25.6 Å². The molecule has 0 radical (unpaired) electrons. The van der Waals surface area contributed by atoms with Crippen LogP contribution >= 0.6 is 35.1 Å². The summed E-state index contributed by atoms with van der Waals surface area (Å²) in [6.45, 7) is 3.30. The van der Waals surface area contributed by atoms with Crippen molar-refractivity contribution in [2.24, 2.45) is 0 Å². The molecule has 1 atom stereocenters. The van der Waals surface area contributed by atoms with Crippen LogP contribution in [0, 0.1) is 0 Å². The summed E-state index contributed by atoms with van der Waals surface area (Å²) in [5, 5.41) is -2.17. The Hall–Kier alpha value is -2.15. The van der Waals surface area contributed by atoms with Gasteiger partial charge in [-0.15, -0.1) is 0 Å². The van der Waals surface area contributed by atoms with E-state index in [-0.39, 0.29) is 39.2 Å². The number of ketones is 1. The Bertz CT molecular complexity index is 1770. The van der Waals surface area contributed by atoms with E-state index >= 15 is 0 Å². The number of hydrogen-bond acceptors (Lipinski definition) is 8. The van der Waals surface area contributed by atoms with Gasteiger partial charge in [-0.25, -0.2) is 16.8 Å². The molecule has 0 bridgehead atoms. The topological polar surface area (TPSA) is 133 Å². The molecule has 3 aromatic rings. The highest BCUT2D eigenvalue weighted by atomic mass is 79.9. The molecule has 0 fully saturated rings. The monoisotopic (exact) mass is 715 g/mol. The van der Waals surface area contributed by atoms with Gasteiger partial charge in [0.1, 0.15) is 4.91 Å². The quantitative estimate of drug-likeness (QED) is 0.202. The van der Waals surface area contributed by atoms with E-state index in [0.717, 1.165) is 6.08 Å². The van der Waals surface area contributed by atoms with Crippen LogP contribution in [0.1, 0.15) is 42.6 Å². The Morgan fingerprint density at radius 2 is 1.40 bits per heavy atom. The van der Waals surface area contributed by atoms with Crippen LogP contribution in [0.15, 0.2) is 98.0 Å². The molecule has 0 aromatic heterocycles. The third-order valence-corrected chi connectivity index (χ3v) is 12.9. The van der Waals surface area contributed by atoms with Gasteiger partial charge in [0.15, 0.2) is 5.28 Å². The zero-order valence-electron chi connectivity index (χ0n) is 22.6. The highest BCUT2D eigenvalue weighted by Gasteiger charge is 2.58. The van der Waals surface area contributed by atoms with Gasteiger partial charge in [-0.2, -0.15) is 4.72 Å². The lowest BCUT2D eigenvalue weighted by molar-refractivity contribution is 0.103. The minimum Gasteiger partial charge on any atom is -0.307 e. The molecule has 0 saturated heterocycles. The van der Waals surface area contributed by atoms with Crippen LogP contribution in [-0.4, -0.2) is 35.8 Å². The van der Waals surface area contributed by atoms with Crippen molar-refractivity contribution in [3.05, 3.63) is 104 Å². The number of Topliss-reactive ketones (excluding diaryl/α,β-unsaturated/α-hetero) is 1. The van der Waals surface area contributed by atoms with Crippen molar-refractivity contribution in [2.75, 3.05) is 13.2 Å². The normalized spacial score (nSPS) is 17.5. The fourth-order valence-electron chi connectivity index (χ4n) is 4.33. The summed E-state index contributed by atoms with van der Waals surface area (Å²) < 4.78 is 85.4. The van der Waals surface area contributed by atoms with Crippen LogP contribution in [0.3, 0.4) is 0 Å². The zero-order chi connectivity index (χ0) is 30.8. The molecule has 224 valence electrons. The first-order valence-corrected chi connectivity index (χ1v) is 18.6. The van der Waals surface area contributed by atoms with Gasteiger partial charge < -0.3 is 9.05 Å². The second-order valence-electron chi connectivity index (χ2n) is 9.33. The van der Waals surface area contributed by atoms with Crippen LogP contribution in [0.25, 0.3) is 0 Å². The summed E-state index contributed by atoms with van der Waals surface area (Å²) in [7, 11) is -13.8. The van der Waals surface area contributed by atoms with Gasteiger partial charge in [0, 0.05) is 20.6 Å². The largest absolute Gasteiger partial charge is 0.360 e. The highest BCUT2D eigenvalue weighted by molar-refractivity contribution is 9.10. The van der Waals surface area contributed by atoms with Gasteiger partial charge in [0.25, 0.3) is 0 Å². The number of allylic oxidation sites excluding steroid dienone is 1. The molecule has 14 heteroatoms. The summed E-state index contributed by atoms with van der Waals surface area (Å²) in [6, 6.07) is 16.5. The Kier molecular flexibility index (Phi) is 10.0. The first-order valence-electron chi connectivity index (χ1n) is 12.9. The van der Waals surface area contributed by atoms with E-state index in [1.165, 1.54) is 72.8 Å². The van der Waals surface area contributed by atoms with Gasteiger partial charge in [-0.3, -0.25) is 9.36 Å². The molecule has 0 amide bonds. The molecule has 0 heterocycles. The average molecular weight is 717 g/mol. The van der Waals surface area contributed by atoms with Crippen LogP contribution in [-0.2, 0) is 38.8 Å².